The highest BCUT2D eigenvalue weighted by molar-refractivity contribution is 5.95. The van der Waals surface area contributed by atoms with Gasteiger partial charge < -0.3 is 11.1 Å². The van der Waals surface area contributed by atoms with Gasteiger partial charge in [-0.25, -0.2) is 0 Å². The maximum Gasteiger partial charge on any atom is 0.252 e. The minimum atomic E-state index is -0.430. The maximum absolute atomic E-state index is 12.1. The Bertz CT molecular complexity index is 598. The normalized spacial score (nSPS) is 10.1. The molecule has 0 aliphatic carbocycles. The molecule has 4 nitrogen and oxygen atoms in total. The number of hydrogen-bond donors (Lipinski definition) is 2. The lowest BCUT2D eigenvalue weighted by molar-refractivity contribution is 0.0945. The topological polar surface area (TPSA) is 68.0 Å². The standard InChI is InChI=1S/C16H19N3O.2ClH/c1-16(2,17)11-19-15(20)14-8-13(9-18-10-14)12-6-4-3-5-7-12;;/h3-10H,11,17H2,1-2H3,(H,19,20);2*1H. The van der Waals surface area contributed by atoms with Crippen LogP contribution in [0.15, 0.2) is 48.8 Å². The highest BCUT2D eigenvalue weighted by atomic mass is 35.5. The molecule has 0 spiro atoms. The van der Waals surface area contributed by atoms with E-state index in [1.165, 1.54) is 0 Å². The average molecular weight is 342 g/mol. The molecule has 0 aliphatic rings. The minimum Gasteiger partial charge on any atom is -0.350 e. The summed E-state index contributed by atoms with van der Waals surface area (Å²) in [6, 6.07) is 11.7. The lowest BCUT2D eigenvalue weighted by Gasteiger charge is -2.18. The molecule has 0 radical (unpaired) electrons. The van der Waals surface area contributed by atoms with E-state index in [-0.39, 0.29) is 30.7 Å². The number of benzene rings is 1. The van der Waals surface area contributed by atoms with Gasteiger partial charge in [0, 0.05) is 30.0 Å². The van der Waals surface area contributed by atoms with E-state index < -0.39 is 5.54 Å². The summed E-state index contributed by atoms with van der Waals surface area (Å²) in [5.74, 6) is -0.159. The predicted molar refractivity (Wildman–Crippen MR) is 94.8 cm³/mol. The quantitative estimate of drug-likeness (QED) is 0.897. The van der Waals surface area contributed by atoms with E-state index in [9.17, 15) is 4.79 Å². The van der Waals surface area contributed by atoms with Gasteiger partial charge in [-0.15, -0.1) is 24.8 Å². The van der Waals surface area contributed by atoms with Crippen LogP contribution in [-0.2, 0) is 0 Å². The Morgan fingerprint density at radius 3 is 2.36 bits per heavy atom. The van der Waals surface area contributed by atoms with Crippen molar-refractivity contribution in [3.8, 4) is 11.1 Å². The number of pyridine rings is 1. The van der Waals surface area contributed by atoms with Crippen molar-refractivity contribution in [2.24, 2.45) is 5.73 Å². The van der Waals surface area contributed by atoms with Gasteiger partial charge in [0.2, 0.25) is 0 Å². The van der Waals surface area contributed by atoms with Crippen LogP contribution in [0, 0.1) is 0 Å². The van der Waals surface area contributed by atoms with Crippen molar-refractivity contribution in [1.29, 1.82) is 0 Å². The molecular formula is C16H21Cl2N3O. The molecule has 0 unspecified atom stereocenters. The first-order chi connectivity index (χ1) is 9.46. The van der Waals surface area contributed by atoms with Crippen LogP contribution in [0.2, 0.25) is 0 Å². The largest absolute Gasteiger partial charge is 0.350 e. The number of hydrogen-bond acceptors (Lipinski definition) is 3. The number of carbonyl (C=O) groups excluding carboxylic acids is 1. The van der Waals surface area contributed by atoms with Gasteiger partial charge in [-0.3, -0.25) is 9.78 Å². The first-order valence-electron chi connectivity index (χ1n) is 6.53. The van der Waals surface area contributed by atoms with Crippen molar-refractivity contribution >= 4 is 30.7 Å². The summed E-state index contributed by atoms with van der Waals surface area (Å²) >= 11 is 0. The molecule has 0 atom stereocenters. The van der Waals surface area contributed by atoms with Gasteiger partial charge in [-0.2, -0.15) is 0 Å². The van der Waals surface area contributed by atoms with Gasteiger partial charge in [0.1, 0.15) is 0 Å². The molecule has 3 N–H and O–H groups in total. The van der Waals surface area contributed by atoms with Gasteiger partial charge in [0.05, 0.1) is 5.56 Å². The first kappa shape index (κ1) is 20.4. The van der Waals surface area contributed by atoms with Gasteiger partial charge in [-0.1, -0.05) is 30.3 Å². The number of nitrogens with zero attached hydrogens (tertiary/aromatic N) is 1. The molecule has 1 heterocycles. The molecule has 0 aliphatic heterocycles. The van der Waals surface area contributed by atoms with E-state index in [0.29, 0.717) is 12.1 Å². The zero-order valence-corrected chi connectivity index (χ0v) is 14.2. The second-order valence-corrected chi connectivity index (χ2v) is 5.50. The highest BCUT2D eigenvalue weighted by Crippen LogP contribution is 2.18. The second kappa shape index (κ2) is 8.73. The average Bonchev–Trinajstić information content (AvgIpc) is 2.45. The number of nitrogens with one attached hydrogen (secondary N) is 1. The van der Waals surface area contributed by atoms with Crippen molar-refractivity contribution in [2.45, 2.75) is 19.4 Å². The van der Waals surface area contributed by atoms with Crippen LogP contribution in [0.25, 0.3) is 11.1 Å². The second-order valence-electron chi connectivity index (χ2n) is 5.50. The number of nitrogens with two attached hydrogens (primary N) is 1. The van der Waals surface area contributed by atoms with E-state index >= 15 is 0 Å². The van der Waals surface area contributed by atoms with E-state index in [4.69, 9.17) is 5.73 Å². The third kappa shape index (κ3) is 6.02. The molecule has 1 aromatic heterocycles. The SMILES string of the molecule is CC(C)(N)CNC(=O)c1cncc(-c2ccccc2)c1.Cl.Cl. The fourth-order valence-electron chi connectivity index (χ4n) is 1.76. The highest BCUT2D eigenvalue weighted by Gasteiger charge is 2.14. The van der Waals surface area contributed by atoms with Gasteiger partial charge in [-0.05, 0) is 25.5 Å². The summed E-state index contributed by atoms with van der Waals surface area (Å²) in [7, 11) is 0. The van der Waals surface area contributed by atoms with Gasteiger partial charge >= 0.3 is 0 Å². The first-order valence-corrected chi connectivity index (χ1v) is 6.53. The Labute approximate surface area is 143 Å². The summed E-state index contributed by atoms with van der Waals surface area (Å²) in [5, 5.41) is 2.81. The van der Waals surface area contributed by atoms with Crippen molar-refractivity contribution in [2.75, 3.05) is 6.54 Å². The summed E-state index contributed by atoms with van der Waals surface area (Å²) in [6.07, 6.45) is 3.31. The lowest BCUT2D eigenvalue weighted by Crippen LogP contribution is -2.45. The van der Waals surface area contributed by atoms with Gasteiger partial charge in [0.25, 0.3) is 5.91 Å². The number of carbonyl (C=O) groups is 1. The summed E-state index contributed by atoms with van der Waals surface area (Å²) < 4.78 is 0. The molecule has 1 aromatic carbocycles. The molecule has 6 heteroatoms. The van der Waals surface area contributed by atoms with Crippen LogP contribution in [0.4, 0.5) is 0 Å². The van der Waals surface area contributed by atoms with Crippen LogP contribution in [0.5, 0.6) is 0 Å². The van der Waals surface area contributed by atoms with E-state index in [1.807, 2.05) is 50.2 Å². The molecule has 2 aromatic rings. The van der Waals surface area contributed by atoms with E-state index in [2.05, 4.69) is 10.3 Å². The Morgan fingerprint density at radius 2 is 1.77 bits per heavy atom. The van der Waals surface area contributed by atoms with Crippen LogP contribution in [-0.4, -0.2) is 23.0 Å². The Hall–Kier alpha value is -1.62. The number of amides is 1. The predicted octanol–water partition coefficient (Wildman–Crippen LogP) is 3.06. The molecule has 120 valence electrons. The molecular weight excluding hydrogens is 321 g/mol. The van der Waals surface area contributed by atoms with E-state index in [1.54, 1.807) is 12.4 Å². The number of aromatic nitrogens is 1. The Balaban J connectivity index is 0.00000220. The zero-order chi connectivity index (χ0) is 14.6. The van der Waals surface area contributed by atoms with Crippen LogP contribution < -0.4 is 11.1 Å². The van der Waals surface area contributed by atoms with Gasteiger partial charge in [0.15, 0.2) is 0 Å². The number of rotatable bonds is 4. The minimum absolute atomic E-state index is 0. The molecule has 0 bridgehead atoms. The molecule has 22 heavy (non-hydrogen) atoms. The van der Waals surface area contributed by atoms with Crippen LogP contribution in [0.1, 0.15) is 24.2 Å². The van der Waals surface area contributed by atoms with Crippen LogP contribution in [0.3, 0.4) is 0 Å². The summed E-state index contributed by atoms with van der Waals surface area (Å²) in [6.45, 7) is 4.15. The van der Waals surface area contributed by atoms with Crippen molar-refractivity contribution in [1.82, 2.24) is 10.3 Å². The lowest BCUT2D eigenvalue weighted by atomic mass is 10.1. The monoisotopic (exact) mass is 341 g/mol. The summed E-state index contributed by atoms with van der Waals surface area (Å²) in [5.41, 5.74) is 7.92. The van der Waals surface area contributed by atoms with Crippen molar-refractivity contribution in [3.63, 3.8) is 0 Å². The molecule has 0 saturated carbocycles. The smallest absolute Gasteiger partial charge is 0.252 e. The zero-order valence-electron chi connectivity index (χ0n) is 12.6. The number of halogens is 2. The maximum atomic E-state index is 12.1. The fraction of sp³-hybridized carbons (Fsp3) is 0.250. The van der Waals surface area contributed by atoms with E-state index in [0.717, 1.165) is 11.1 Å². The third-order valence-corrected chi connectivity index (χ3v) is 2.81. The Kier molecular flexibility index (Phi) is 8.09. The molecule has 0 saturated heterocycles. The fourth-order valence-corrected chi connectivity index (χ4v) is 1.76. The van der Waals surface area contributed by atoms with Crippen molar-refractivity contribution in [3.05, 3.63) is 54.4 Å². The Morgan fingerprint density at radius 1 is 1.14 bits per heavy atom. The summed E-state index contributed by atoms with van der Waals surface area (Å²) in [4.78, 5) is 16.2. The molecule has 2 rings (SSSR count). The van der Waals surface area contributed by atoms with Crippen LogP contribution >= 0.6 is 24.8 Å². The molecule has 0 fully saturated rings. The third-order valence-electron chi connectivity index (χ3n) is 2.81. The molecule has 1 amide bonds. The van der Waals surface area contributed by atoms with Crippen molar-refractivity contribution < 1.29 is 4.79 Å².